The van der Waals surface area contributed by atoms with Gasteiger partial charge >= 0.3 is 0 Å². The zero-order valence-corrected chi connectivity index (χ0v) is 17.4. The third-order valence-electron chi connectivity index (χ3n) is 3.97. The van der Waals surface area contributed by atoms with Crippen LogP contribution in [0.4, 0.5) is 5.69 Å². The smallest absolute Gasteiger partial charge is 0.244 e. The van der Waals surface area contributed by atoms with Crippen LogP contribution in [-0.2, 0) is 9.59 Å². The minimum absolute atomic E-state index is 0.106. The highest BCUT2D eigenvalue weighted by atomic mass is 79.9. The molecule has 0 atom stereocenters. The Kier molecular flexibility index (Phi) is 7.19. The number of ether oxygens (including phenoxy) is 1. The van der Waals surface area contributed by atoms with Gasteiger partial charge in [-0.25, -0.2) is 0 Å². The molecule has 0 unspecified atom stereocenters. The van der Waals surface area contributed by atoms with Gasteiger partial charge in [-0.1, -0.05) is 33.6 Å². The van der Waals surface area contributed by atoms with E-state index in [0.717, 1.165) is 32.4 Å². The topological polar surface area (TPSA) is 67.4 Å². The SMILES string of the molecule is COc1ccc(Br)cc1C=CC(=O)NCC(=O)Nc1c(C)cc(C)cc1C. The Morgan fingerprint density at radius 2 is 1.78 bits per heavy atom. The maximum Gasteiger partial charge on any atom is 0.244 e. The molecule has 0 bridgehead atoms. The van der Waals surface area contributed by atoms with Gasteiger partial charge in [-0.15, -0.1) is 0 Å². The molecule has 2 rings (SSSR count). The molecule has 0 saturated carbocycles. The Balaban J connectivity index is 1.94. The molecule has 2 N–H and O–H groups in total. The third-order valence-corrected chi connectivity index (χ3v) is 4.46. The van der Waals surface area contributed by atoms with Crippen molar-refractivity contribution in [2.45, 2.75) is 20.8 Å². The van der Waals surface area contributed by atoms with Crippen LogP contribution in [-0.4, -0.2) is 25.5 Å². The average molecular weight is 431 g/mol. The van der Waals surface area contributed by atoms with Crippen molar-refractivity contribution in [3.63, 3.8) is 0 Å². The normalized spacial score (nSPS) is 10.7. The summed E-state index contributed by atoms with van der Waals surface area (Å²) in [5.41, 5.74) is 4.68. The molecule has 0 aliphatic rings. The molecule has 0 aromatic heterocycles. The van der Waals surface area contributed by atoms with Crippen molar-refractivity contribution in [2.75, 3.05) is 19.0 Å². The van der Waals surface area contributed by atoms with Gasteiger partial charge in [0.05, 0.1) is 13.7 Å². The maximum absolute atomic E-state index is 12.1. The first-order chi connectivity index (χ1) is 12.8. The van der Waals surface area contributed by atoms with Gasteiger partial charge in [0.15, 0.2) is 0 Å². The van der Waals surface area contributed by atoms with Crippen molar-refractivity contribution in [2.24, 2.45) is 0 Å². The zero-order valence-electron chi connectivity index (χ0n) is 15.9. The quantitative estimate of drug-likeness (QED) is 0.676. The summed E-state index contributed by atoms with van der Waals surface area (Å²) in [6.07, 6.45) is 3.02. The number of rotatable bonds is 6. The number of hydrogen-bond donors (Lipinski definition) is 2. The summed E-state index contributed by atoms with van der Waals surface area (Å²) in [4.78, 5) is 24.2. The number of amides is 2. The van der Waals surface area contributed by atoms with Crippen molar-refractivity contribution < 1.29 is 14.3 Å². The minimum Gasteiger partial charge on any atom is -0.496 e. The Morgan fingerprint density at radius 3 is 2.41 bits per heavy atom. The Morgan fingerprint density at radius 1 is 1.11 bits per heavy atom. The fourth-order valence-corrected chi connectivity index (χ4v) is 3.17. The maximum atomic E-state index is 12.1. The second-order valence-corrected chi connectivity index (χ2v) is 7.17. The van der Waals surface area contributed by atoms with Crippen LogP contribution in [0.5, 0.6) is 5.75 Å². The zero-order chi connectivity index (χ0) is 20.0. The van der Waals surface area contributed by atoms with Crippen molar-refractivity contribution in [1.29, 1.82) is 0 Å². The summed E-state index contributed by atoms with van der Waals surface area (Å²) in [5.74, 6) is 0.0293. The number of methoxy groups -OCH3 is 1. The predicted octanol–water partition coefficient (Wildman–Crippen LogP) is 4.15. The van der Waals surface area contributed by atoms with Gasteiger partial charge < -0.3 is 15.4 Å². The van der Waals surface area contributed by atoms with E-state index >= 15 is 0 Å². The standard InChI is InChI=1S/C21H23BrN2O3/c1-13-9-14(2)21(15(3)10-13)24-20(26)12-23-19(25)8-5-16-11-17(22)6-7-18(16)27-4/h5-11H,12H2,1-4H3,(H,23,25)(H,24,26). The summed E-state index contributed by atoms with van der Waals surface area (Å²) in [5, 5.41) is 5.44. The third kappa shape index (κ3) is 5.96. The van der Waals surface area contributed by atoms with Gasteiger partial charge in [0.25, 0.3) is 0 Å². The van der Waals surface area contributed by atoms with E-state index in [1.807, 2.05) is 45.0 Å². The van der Waals surface area contributed by atoms with E-state index < -0.39 is 0 Å². The van der Waals surface area contributed by atoms with E-state index in [1.54, 1.807) is 19.3 Å². The van der Waals surface area contributed by atoms with E-state index in [9.17, 15) is 9.59 Å². The number of halogens is 1. The molecular weight excluding hydrogens is 408 g/mol. The van der Waals surface area contributed by atoms with Gasteiger partial charge in [-0.2, -0.15) is 0 Å². The van der Waals surface area contributed by atoms with Gasteiger partial charge in [0, 0.05) is 21.8 Å². The molecule has 142 valence electrons. The lowest BCUT2D eigenvalue weighted by Crippen LogP contribution is -2.32. The number of hydrogen-bond acceptors (Lipinski definition) is 3. The van der Waals surface area contributed by atoms with Gasteiger partial charge in [-0.3, -0.25) is 9.59 Å². The van der Waals surface area contributed by atoms with E-state index in [4.69, 9.17) is 4.74 Å². The second-order valence-electron chi connectivity index (χ2n) is 6.26. The summed E-state index contributed by atoms with van der Waals surface area (Å²) in [6, 6.07) is 9.53. The molecule has 0 heterocycles. The minimum atomic E-state index is -0.357. The number of aryl methyl sites for hydroxylation is 3. The summed E-state index contributed by atoms with van der Waals surface area (Å²) >= 11 is 3.39. The number of carbonyl (C=O) groups is 2. The van der Waals surface area contributed by atoms with E-state index in [-0.39, 0.29) is 18.4 Å². The van der Waals surface area contributed by atoms with E-state index in [1.165, 1.54) is 6.08 Å². The molecule has 2 aromatic carbocycles. The lowest BCUT2D eigenvalue weighted by Gasteiger charge is -2.13. The Bertz CT molecular complexity index is 868. The molecule has 0 fully saturated rings. The second kappa shape index (κ2) is 9.37. The molecule has 2 amide bonds. The molecular formula is C21H23BrN2O3. The van der Waals surface area contributed by atoms with E-state index in [0.29, 0.717) is 5.75 Å². The van der Waals surface area contributed by atoms with Crippen LogP contribution in [0.15, 0.2) is 40.9 Å². The summed E-state index contributed by atoms with van der Waals surface area (Å²) < 4.78 is 6.14. The first kappa shape index (κ1) is 20.7. The van der Waals surface area contributed by atoms with Crippen LogP contribution < -0.4 is 15.4 Å². The van der Waals surface area contributed by atoms with Gasteiger partial charge in [-0.05, 0) is 56.2 Å². The highest BCUT2D eigenvalue weighted by Crippen LogP contribution is 2.24. The van der Waals surface area contributed by atoms with Crippen molar-refractivity contribution in [3.05, 3.63) is 63.1 Å². The molecule has 2 aromatic rings. The molecule has 6 heteroatoms. The lowest BCUT2D eigenvalue weighted by atomic mass is 10.1. The van der Waals surface area contributed by atoms with Crippen molar-refractivity contribution >= 4 is 39.5 Å². The molecule has 27 heavy (non-hydrogen) atoms. The van der Waals surface area contributed by atoms with Crippen LogP contribution in [0.3, 0.4) is 0 Å². The first-order valence-corrected chi connectivity index (χ1v) is 9.26. The van der Waals surface area contributed by atoms with Gasteiger partial charge in [0.1, 0.15) is 5.75 Å². The number of carbonyl (C=O) groups excluding carboxylic acids is 2. The highest BCUT2D eigenvalue weighted by Gasteiger charge is 2.09. The van der Waals surface area contributed by atoms with Crippen LogP contribution in [0.2, 0.25) is 0 Å². The fraction of sp³-hybridized carbons (Fsp3) is 0.238. The molecule has 0 aliphatic heterocycles. The van der Waals surface area contributed by atoms with Crippen LogP contribution >= 0.6 is 15.9 Å². The summed E-state index contributed by atoms with van der Waals surface area (Å²) in [6.45, 7) is 5.80. The fourth-order valence-electron chi connectivity index (χ4n) is 2.79. The van der Waals surface area contributed by atoms with Gasteiger partial charge in [0.2, 0.25) is 11.8 Å². The predicted molar refractivity (Wildman–Crippen MR) is 112 cm³/mol. The van der Waals surface area contributed by atoms with Crippen LogP contribution in [0.1, 0.15) is 22.3 Å². The highest BCUT2D eigenvalue weighted by molar-refractivity contribution is 9.10. The molecule has 5 nitrogen and oxygen atoms in total. The van der Waals surface area contributed by atoms with Crippen LogP contribution in [0.25, 0.3) is 6.08 Å². The largest absolute Gasteiger partial charge is 0.496 e. The molecule has 0 aliphatic carbocycles. The molecule has 0 spiro atoms. The van der Waals surface area contributed by atoms with Crippen LogP contribution in [0, 0.1) is 20.8 Å². The van der Waals surface area contributed by atoms with Crippen molar-refractivity contribution in [3.8, 4) is 5.75 Å². The number of benzene rings is 2. The molecule has 0 radical (unpaired) electrons. The molecule has 0 saturated heterocycles. The lowest BCUT2D eigenvalue weighted by molar-refractivity contribution is -0.121. The van der Waals surface area contributed by atoms with E-state index in [2.05, 4.69) is 26.6 Å². The number of anilines is 1. The summed E-state index contributed by atoms with van der Waals surface area (Å²) in [7, 11) is 1.57. The van der Waals surface area contributed by atoms with Crippen molar-refractivity contribution in [1.82, 2.24) is 5.32 Å². The number of nitrogens with one attached hydrogen (secondary N) is 2. The first-order valence-electron chi connectivity index (χ1n) is 8.47. The monoisotopic (exact) mass is 430 g/mol. The Labute approximate surface area is 167 Å². The average Bonchev–Trinajstić information content (AvgIpc) is 2.61. The Hall–Kier alpha value is -2.60.